The molecule has 0 aromatic heterocycles. The van der Waals surface area contributed by atoms with Crippen LogP contribution in [0.4, 0.5) is 5.69 Å². The smallest absolute Gasteiger partial charge is 0.307 e. The van der Waals surface area contributed by atoms with E-state index in [2.05, 4.69) is 10.6 Å². The minimum atomic E-state index is -0.582. The summed E-state index contributed by atoms with van der Waals surface area (Å²) in [4.78, 5) is 23.9. The third-order valence-electron chi connectivity index (χ3n) is 3.53. The molecule has 25 heavy (non-hydrogen) atoms. The number of nitrogens with one attached hydrogen (secondary N) is 2. The Hall–Kier alpha value is -2.24. The normalized spacial score (nSPS) is 11.5. The van der Waals surface area contributed by atoms with Crippen LogP contribution in [0.2, 0.25) is 10.0 Å². The molecular weight excluding hydrogens is 363 g/mol. The quantitative estimate of drug-likeness (QED) is 0.716. The minimum absolute atomic E-state index is 0.00581. The van der Waals surface area contributed by atoms with Gasteiger partial charge in [0.25, 0.3) is 0 Å². The van der Waals surface area contributed by atoms with Crippen molar-refractivity contribution in [2.24, 2.45) is 0 Å². The van der Waals surface area contributed by atoms with Gasteiger partial charge >= 0.3 is 5.97 Å². The largest absolute Gasteiger partial charge is 0.469 e. The molecule has 2 rings (SSSR count). The molecule has 2 aromatic carbocycles. The molecule has 5 nitrogen and oxygen atoms in total. The van der Waals surface area contributed by atoms with Crippen LogP contribution in [0.1, 0.15) is 18.0 Å². The molecule has 0 saturated carbocycles. The van der Waals surface area contributed by atoms with E-state index in [9.17, 15) is 9.59 Å². The lowest BCUT2D eigenvalue weighted by Gasteiger charge is -2.20. The van der Waals surface area contributed by atoms with Crippen molar-refractivity contribution >= 4 is 40.8 Å². The second-order valence-corrected chi connectivity index (χ2v) is 6.07. The molecular formula is C18H18Cl2N2O3. The van der Waals surface area contributed by atoms with Crippen molar-refractivity contribution in [2.45, 2.75) is 12.5 Å². The molecule has 0 radical (unpaired) electrons. The first-order valence-corrected chi connectivity index (χ1v) is 8.36. The van der Waals surface area contributed by atoms with Crippen LogP contribution < -0.4 is 10.6 Å². The number of hydrogen-bond donors (Lipinski definition) is 2. The molecule has 1 amide bonds. The summed E-state index contributed by atoms with van der Waals surface area (Å²) in [6, 6.07) is 13.6. The highest BCUT2D eigenvalue weighted by molar-refractivity contribution is 6.33. The number of methoxy groups -OCH3 is 1. The van der Waals surface area contributed by atoms with Gasteiger partial charge < -0.3 is 15.4 Å². The number of esters is 1. The third kappa shape index (κ3) is 5.66. The highest BCUT2D eigenvalue weighted by Gasteiger charge is 2.21. The van der Waals surface area contributed by atoms with E-state index in [4.69, 9.17) is 27.9 Å². The molecule has 1 atom stereocenters. The minimum Gasteiger partial charge on any atom is -0.469 e. The van der Waals surface area contributed by atoms with Gasteiger partial charge in [0, 0.05) is 5.02 Å². The van der Waals surface area contributed by atoms with Gasteiger partial charge in [-0.3, -0.25) is 9.59 Å². The molecule has 132 valence electrons. The number of rotatable bonds is 7. The van der Waals surface area contributed by atoms with Crippen LogP contribution in [0.25, 0.3) is 0 Å². The van der Waals surface area contributed by atoms with E-state index in [-0.39, 0.29) is 18.9 Å². The number of carbonyl (C=O) groups excluding carboxylic acids is 2. The maximum absolute atomic E-state index is 12.3. The van der Waals surface area contributed by atoms with Crippen molar-refractivity contribution < 1.29 is 14.3 Å². The molecule has 0 saturated heterocycles. The monoisotopic (exact) mass is 380 g/mol. The van der Waals surface area contributed by atoms with E-state index in [1.165, 1.54) is 7.11 Å². The second kappa shape index (κ2) is 9.30. The van der Waals surface area contributed by atoms with Crippen LogP contribution in [0.5, 0.6) is 0 Å². The van der Waals surface area contributed by atoms with E-state index >= 15 is 0 Å². The van der Waals surface area contributed by atoms with E-state index < -0.39 is 12.0 Å². The van der Waals surface area contributed by atoms with Crippen LogP contribution in [0, 0.1) is 0 Å². The topological polar surface area (TPSA) is 67.4 Å². The fourth-order valence-electron chi connectivity index (χ4n) is 2.27. The Morgan fingerprint density at radius 1 is 1.04 bits per heavy atom. The zero-order valence-corrected chi connectivity index (χ0v) is 15.1. The number of amides is 1. The molecule has 7 heteroatoms. The van der Waals surface area contributed by atoms with Crippen molar-refractivity contribution in [3.05, 3.63) is 64.1 Å². The Kier molecular flexibility index (Phi) is 7.10. The molecule has 0 fully saturated rings. The number of anilines is 1. The summed E-state index contributed by atoms with van der Waals surface area (Å²) >= 11 is 12.2. The first kappa shape index (κ1) is 19.1. The van der Waals surface area contributed by atoms with Gasteiger partial charge in [0.1, 0.15) is 0 Å². The van der Waals surface area contributed by atoms with E-state index in [0.29, 0.717) is 21.3 Å². The molecule has 0 spiro atoms. The fraction of sp³-hybridized carbons (Fsp3) is 0.222. The zero-order chi connectivity index (χ0) is 18.2. The maximum Gasteiger partial charge on any atom is 0.307 e. The molecule has 2 N–H and O–H groups in total. The van der Waals surface area contributed by atoms with Gasteiger partial charge in [0.05, 0.1) is 36.8 Å². The van der Waals surface area contributed by atoms with Gasteiger partial charge in [-0.15, -0.1) is 0 Å². The summed E-state index contributed by atoms with van der Waals surface area (Å²) in [5.41, 5.74) is 1.31. The zero-order valence-electron chi connectivity index (χ0n) is 13.6. The Morgan fingerprint density at radius 3 is 2.32 bits per heavy atom. The summed E-state index contributed by atoms with van der Waals surface area (Å²) in [7, 11) is 1.30. The number of carbonyl (C=O) groups is 2. The second-order valence-electron chi connectivity index (χ2n) is 5.26. The summed E-state index contributed by atoms with van der Waals surface area (Å²) in [6.45, 7) is 0.00581. The van der Waals surface area contributed by atoms with Crippen molar-refractivity contribution in [1.82, 2.24) is 5.32 Å². The number of halogens is 2. The molecule has 0 heterocycles. The van der Waals surface area contributed by atoms with Crippen LogP contribution in [-0.4, -0.2) is 25.5 Å². The highest BCUT2D eigenvalue weighted by Crippen LogP contribution is 2.25. The molecule has 0 bridgehead atoms. The average molecular weight is 381 g/mol. The number of hydrogen-bond acceptors (Lipinski definition) is 4. The molecule has 0 aliphatic rings. The first-order chi connectivity index (χ1) is 12.0. The lowest BCUT2D eigenvalue weighted by atomic mass is 10.0. The SMILES string of the molecule is COC(=O)CC(NC(=O)CNc1ccccc1Cl)c1ccccc1Cl. The summed E-state index contributed by atoms with van der Waals surface area (Å²) < 4.78 is 4.70. The van der Waals surface area contributed by atoms with E-state index in [1.807, 2.05) is 6.07 Å². The van der Waals surface area contributed by atoms with Crippen molar-refractivity contribution in [3.8, 4) is 0 Å². The summed E-state index contributed by atoms with van der Waals surface area (Å²) in [5, 5.41) is 6.75. The van der Waals surface area contributed by atoms with Crippen molar-refractivity contribution in [1.29, 1.82) is 0 Å². The summed E-state index contributed by atoms with van der Waals surface area (Å²) in [6.07, 6.45) is -0.0158. The van der Waals surface area contributed by atoms with Gasteiger partial charge in [0.2, 0.25) is 5.91 Å². The first-order valence-electron chi connectivity index (χ1n) is 7.60. The predicted molar refractivity (Wildman–Crippen MR) is 98.9 cm³/mol. The molecule has 0 aliphatic carbocycles. The maximum atomic E-state index is 12.3. The Labute approximate surface area is 156 Å². The standard InChI is InChI=1S/C18H18Cl2N2O3/c1-25-18(24)10-16(12-6-2-3-7-13(12)19)22-17(23)11-21-15-9-5-4-8-14(15)20/h2-9,16,21H,10-11H2,1H3,(H,22,23). The molecule has 2 aromatic rings. The van der Waals surface area contributed by atoms with Crippen LogP contribution in [0.3, 0.4) is 0 Å². The van der Waals surface area contributed by atoms with Gasteiger partial charge in [-0.2, -0.15) is 0 Å². The van der Waals surface area contributed by atoms with Crippen LogP contribution in [-0.2, 0) is 14.3 Å². The van der Waals surface area contributed by atoms with Crippen molar-refractivity contribution in [2.75, 3.05) is 19.0 Å². The summed E-state index contributed by atoms with van der Waals surface area (Å²) in [5.74, 6) is -0.738. The predicted octanol–water partition coefficient (Wildman–Crippen LogP) is 3.83. The highest BCUT2D eigenvalue weighted by atomic mass is 35.5. The number of para-hydroxylation sites is 1. The van der Waals surface area contributed by atoms with Crippen molar-refractivity contribution in [3.63, 3.8) is 0 Å². The van der Waals surface area contributed by atoms with Gasteiger partial charge in [0.15, 0.2) is 0 Å². The van der Waals surface area contributed by atoms with Crippen LogP contribution in [0.15, 0.2) is 48.5 Å². The fourth-order valence-corrected chi connectivity index (χ4v) is 2.74. The number of benzene rings is 2. The van der Waals surface area contributed by atoms with E-state index in [1.54, 1.807) is 42.5 Å². The number of ether oxygens (including phenoxy) is 1. The Morgan fingerprint density at radius 2 is 1.68 bits per heavy atom. The Balaban J connectivity index is 2.05. The van der Waals surface area contributed by atoms with E-state index in [0.717, 1.165) is 0 Å². The molecule has 0 aliphatic heterocycles. The van der Waals surface area contributed by atoms with Gasteiger partial charge in [-0.05, 0) is 23.8 Å². The van der Waals surface area contributed by atoms with Crippen LogP contribution >= 0.6 is 23.2 Å². The molecule has 1 unspecified atom stereocenters. The Bertz CT molecular complexity index is 753. The van der Waals surface area contributed by atoms with Gasteiger partial charge in [-0.25, -0.2) is 0 Å². The average Bonchev–Trinajstić information content (AvgIpc) is 2.61. The lowest BCUT2D eigenvalue weighted by molar-refractivity contribution is -0.141. The lowest BCUT2D eigenvalue weighted by Crippen LogP contribution is -2.34. The third-order valence-corrected chi connectivity index (χ3v) is 4.20. The van der Waals surface area contributed by atoms with Gasteiger partial charge in [-0.1, -0.05) is 53.5 Å².